The Morgan fingerprint density at radius 2 is 2.08 bits per heavy atom. The first-order valence-corrected chi connectivity index (χ1v) is 8.73. The number of hydrogen-bond donors (Lipinski definition) is 1. The first-order chi connectivity index (χ1) is 11.3. The quantitative estimate of drug-likeness (QED) is 0.921. The Labute approximate surface area is 144 Å². The number of carbonyl (C=O) groups is 2. The average molecular weight is 348 g/mol. The number of aryl methyl sites for hydroxylation is 2. The summed E-state index contributed by atoms with van der Waals surface area (Å²) < 4.78 is 5.57. The van der Waals surface area contributed by atoms with Crippen LogP contribution in [0.2, 0.25) is 0 Å². The van der Waals surface area contributed by atoms with Crippen LogP contribution in [-0.4, -0.2) is 40.0 Å². The van der Waals surface area contributed by atoms with Crippen molar-refractivity contribution in [1.29, 1.82) is 0 Å². The first kappa shape index (κ1) is 16.7. The largest absolute Gasteiger partial charge is 0.481 e. The second kappa shape index (κ2) is 6.39. The van der Waals surface area contributed by atoms with Crippen molar-refractivity contribution in [3.8, 4) is 10.8 Å². The van der Waals surface area contributed by atoms with Crippen LogP contribution in [0.3, 0.4) is 0 Å². The minimum atomic E-state index is -0.841. The van der Waals surface area contributed by atoms with Gasteiger partial charge < -0.3 is 14.4 Å². The molecule has 0 aliphatic carbocycles. The zero-order chi connectivity index (χ0) is 17.4. The van der Waals surface area contributed by atoms with Gasteiger partial charge in [-0.05, 0) is 38.3 Å². The summed E-state index contributed by atoms with van der Waals surface area (Å²) in [4.78, 5) is 30.8. The maximum atomic E-state index is 12.9. The van der Waals surface area contributed by atoms with E-state index in [1.165, 1.54) is 11.3 Å². The van der Waals surface area contributed by atoms with E-state index in [1.54, 1.807) is 11.8 Å². The summed E-state index contributed by atoms with van der Waals surface area (Å²) in [6.45, 7) is 6.47. The lowest BCUT2D eigenvalue weighted by atomic mass is 9.90. The lowest BCUT2D eigenvalue weighted by Crippen LogP contribution is -2.45. The molecule has 1 aliphatic rings. The average Bonchev–Trinajstić information content (AvgIpc) is 3.11. The number of carbonyl (C=O) groups excluding carboxylic acids is 1. The van der Waals surface area contributed by atoms with E-state index in [2.05, 4.69) is 4.98 Å². The van der Waals surface area contributed by atoms with E-state index in [0.717, 1.165) is 5.76 Å². The van der Waals surface area contributed by atoms with Gasteiger partial charge in [0, 0.05) is 13.1 Å². The number of carboxylic acids is 1. The second-order valence-electron chi connectivity index (χ2n) is 6.43. The minimum Gasteiger partial charge on any atom is -0.481 e. The van der Waals surface area contributed by atoms with Crippen molar-refractivity contribution in [3.63, 3.8) is 0 Å². The Morgan fingerprint density at radius 1 is 1.33 bits per heavy atom. The van der Waals surface area contributed by atoms with E-state index >= 15 is 0 Å². The summed E-state index contributed by atoms with van der Waals surface area (Å²) in [5.41, 5.74) is 0.652. The monoisotopic (exact) mass is 348 g/mol. The van der Waals surface area contributed by atoms with Crippen molar-refractivity contribution >= 4 is 23.2 Å². The Morgan fingerprint density at radius 3 is 2.71 bits per heavy atom. The van der Waals surface area contributed by atoms with Crippen molar-refractivity contribution < 1.29 is 19.1 Å². The van der Waals surface area contributed by atoms with Gasteiger partial charge in [-0.3, -0.25) is 9.59 Å². The number of aromatic nitrogens is 1. The lowest BCUT2D eigenvalue weighted by molar-refractivity contribution is -0.143. The highest BCUT2D eigenvalue weighted by Crippen LogP contribution is 2.31. The second-order valence-corrected chi connectivity index (χ2v) is 7.43. The number of likely N-dealkylation sites (tertiary alicyclic amines) is 1. The number of rotatable bonds is 3. The zero-order valence-corrected chi connectivity index (χ0v) is 14.7. The number of nitrogens with zero attached hydrogens (tertiary/aromatic N) is 2. The molecule has 2 unspecified atom stereocenters. The number of furan rings is 1. The van der Waals surface area contributed by atoms with E-state index in [9.17, 15) is 14.7 Å². The van der Waals surface area contributed by atoms with Gasteiger partial charge in [-0.15, -0.1) is 11.3 Å². The molecule has 1 fully saturated rings. The third-order valence-electron chi connectivity index (χ3n) is 4.24. The van der Waals surface area contributed by atoms with Gasteiger partial charge in [-0.25, -0.2) is 4.98 Å². The summed E-state index contributed by atoms with van der Waals surface area (Å²) in [6.07, 6.45) is 0.609. The Bertz CT molecular complexity index is 779. The molecular formula is C17H20N2O4S. The SMILES string of the molecule is Cc1ccc(-c2nc(C)c(C(=O)N3CC(C)CC(C(=O)O)C3)s2)o1. The van der Waals surface area contributed by atoms with Gasteiger partial charge in [-0.2, -0.15) is 0 Å². The highest BCUT2D eigenvalue weighted by Gasteiger charge is 2.33. The molecule has 1 amide bonds. The highest BCUT2D eigenvalue weighted by atomic mass is 32.1. The smallest absolute Gasteiger partial charge is 0.308 e. The summed E-state index contributed by atoms with van der Waals surface area (Å²) in [7, 11) is 0. The van der Waals surface area contributed by atoms with Gasteiger partial charge >= 0.3 is 5.97 Å². The Hall–Kier alpha value is -2.15. The third kappa shape index (κ3) is 3.21. The van der Waals surface area contributed by atoms with E-state index in [4.69, 9.17) is 4.42 Å². The minimum absolute atomic E-state index is 0.141. The fourth-order valence-corrected chi connectivity index (χ4v) is 4.09. The molecule has 1 aliphatic heterocycles. The van der Waals surface area contributed by atoms with Crippen LogP contribution in [0.1, 0.15) is 34.5 Å². The van der Waals surface area contributed by atoms with Gasteiger partial charge in [0.05, 0.1) is 11.6 Å². The fraction of sp³-hybridized carbons (Fsp3) is 0.471. The zero-order valence-electron chi connectivity index (χ0n) is 13.9. The van der Waals surface area contributed by atoms with Crippen molar-refractivity contribution in [2.75, 3.05) is 13.1 Å². The number of thiazole rings is 1. The van der Waals surface area contributed by atoms with E-state index < -0.39 is 11.9 Å². The van der Waals surface area contributed by atoms with Crippen LogP contribution in [0.5, 0.6) is 0 Å². The molecule has 1 N–H and O–H groups in total. The highest BCUT2D eigenvalue weighted by molar-refractivity contribution is 7.17. The first-order valence-electron chi connectivity index (χ1n) is 7.91. The normalized spacial score (nSPS) is 21.0. The van der Waals surface area contributed by atoms with E-state index in [0.29, 0.717) is 34.3 Å². The molecular weight excluding hydrogens is 328 g/mol. The van der Waals surface area contributed by atoms with Gasteiger partial charge in [0.2, 0.25) is 0 Å². The maximum Gasteiger partial charge on any atom is 0.308 e. The van der Waals surface area contributed by atoms with Gasteiger partial charge in [-0.1, -0.05) is 6.92 Å². The van der Waals surface area contributed by atoms with Crippen LogP contribution in [0, 0.1) is 25.7 Å². The van der Waals surface area contributed by atoms with Crippen LogP contribution in [0.15, 0.2) is 16.5 Å². The van der Waals surface area contributed by atoms with Crippen molar-refractivity contribution in [2.24, 2.45) is 11.8 Å². The van der Waals surface area contributed by atoms with Gasteiger partial charge in [0.25, 0.3) is 5.91 Å². The van der Waals surface area contributed by atoms with E-state index in [1.807, 2.05) is 26.0 Å². The van der Waals surface area contributed by atoms with Crippen LogP contribution in [0.25, 0.3) is 10.8 Å². The van der Waals surface area contributed by atoms with Crippen molar-refractivity contribution in [2.45, 2.75) is 27.2 Å². The molecule has 2 aromatic rings. The number of aliphatic carboxylic acids is 1. The maximum absolute atomic E-state index is 12.9. The van der Waals surface area contributed by atoms with Gasteiger partial charge in [0.15, 0.2) is 10.8 Å². The number of piperidine rings is 1. The molecule has 0 radical (unpaired) electrons. The molecule has 7 heteroatoms. The molecule has 24 heavy (non-hydrogen) atoms. The van der Waals surface area contributed by atoms with Crippen LogP contribution >= 0.6 is 11.3 Å². The van der Waals surface area contributed by atoms with Crippen LogP contribution in [0.4, 0.5) is 0 Å². The molecule has 1 saturated heterocycles. The Kier molecular flexibility index (Phi) is 4.45. The molecule has 0 spiro atoms. The number of hydrogen-bond acceptors (Lipinski definition) is 5. The number of amides is 1. The molecule has 2 atom stereocenters. The molecule has 0 bridgehead atoms. The predicted molar refractivity (Wildman–Crippen MR) is 90.1 cm³/mol. The van der Waals surface area contributed by atoms with Gasteiger partial charge in [0.1, 0.15) is 10.6 Å². The summed E-state index contributed by atoms with van der Waals surface area (Å²) in [5, 5.41) is 9.95. The van der Waals surface area contributed by atoms with Crippen LogP contribution in [-0.2, 0) is 4.79 Å². The molecule has 3 heterocycles. The third-order valence-corrected chi connectivity index (χ3v) is 5.40. The summed E-state index contributed by atoms with van der Waals surface area (Å²) in [5.74, 6) is 0.127. The summed E-state index contributed by atoms with van der Waals surface area (Å²) >= 11 is 1.30. The fourth-order valence-electron chi connectivity index (χ4n) is 3.09. The standard InChI is InChI=1S/C17H20N2O4S/c1-9-6-12(17(21)22)8-19(7-9)16(20)14-11(3)18-15(24-14)13-5-4-10(2)23-13/h4-5,9,12H,6-8H2,1-3H3,(H,21,22). The van der Waals surface area contributed by atoms with Crippen molar-refractivity contribution in [3.05, 3.63) is 28.5 Å². The number of carboxylic acid groups (broad SMARTS) is 1. The molecule has 6 nitrogen and oxygen atoms in total. The molecule has 0 saturated carbocycles. The topological polar surface area (TPSA) is 83.6 Å². The predicted octanol–water partition coefficient (Wildman–Crippen LogP) is 3.20. The van der Waals surface area contributed by atoms with E-state index in [-0.39, 0.29) is 18.4 Å². The molecule has 2 aromatic heterocycles. The molecule has 128 valence electrons. The molecule has 0 aromatic carbocycles. The van der Waals surface area contributed by atoms with Crippen LogP contribution < -0.4 is 0 Å². The molecule has 3 rings (SSSR count). The summed E-state index contributed by atoms with van der Waals surface area (Å²) in [6, 6.07) is 3.70. The Balaban J connectivity index is 1.84. The lowest BCUT2D eigenvalue weighted by Gasteiger charge is -2.34. The van der Waals surface area contributed by atoms with Crippen molar-refractivity contribution in [1.82, 2.24) is 9.88 Å².